The lowest BCUT2D eigenvalue weighted by Gasteiger charge is -2.16. The number of rotatable bonds is 4. The van der Waals surface area contributed by atoms with E-state index >= 15 is 0 Å². The van der Waals surface area contributed by atoms with Crippen LogP contribution in [0.15, 0.2) is 186 Å². The van der Waals surface area contributed by atoms with Crippen LogP contribution in [0.5, 0.6) is 0 Å². The molecule has 0 N–H and O–H groups in total. The van der Waals surface area contributed by atoms with Gasteiger partial charge in [0.25, 0.3) is 0 Å². The Hall–Kier alpha value is -7.63. The highest BCUT2D eigenvalue weighted by Crippen LogP contribution is 2.44. The number of hydrogen-bond acceptors (Lipinski definition) is 4. The van der Waals surface area contributed by atoms with Gasteiger partial charge in [0.05, 0.1) is 22.3 Å². The zero-order valence-electron chi connectivity index (χ0n) is 30.0. The van der Waals surface area contributed by atoms with E-state index in [2.05, 4.69) is 168 Å². The van der Waals surface area contributed by atoms with Crippen molar-refractivity contribution < 1.29 is 4.42 Å². The summed E-state index contributed by atoms with van der Waals surface area (Å²) < 4.78 is 9.11. The van der Waals surface area contributed by atoms with Crippen molar-refractivity contribution in [3.63, 3.8) is 0 Å². The Morgan fingerprint density at radius 2 is 0.946 bits per heavy atom. The van der Waals surface area contributed by atoms with Gasteiger partial charge in [-0.3, -0.25) is 0 Å². The Balaban J connectivity index is 1.25. The summed E-state index contributed by atoms with van der Waals surface area (Å²) in [4.78, 5) is 15.9. The number of para-hydroxylation sites is 1. The van der Waals surface area contributed by atoms with Crippen molar-refractivity contribution in [3.8, 4) is 39.9 Å². The zero-order chi connectivity index (χ0) is 36.7. The third kappa shape index (κ3) is 4.71. The fraction of sp³-hybridized carbons (Fsp3) is 0. The molecule has 0 unspecified atom stereocenters. The molecule has 56 heavy (non-hydrogen) atoms. The van der Waals surface area contributed by atoms with Gasteiger partial charge >= 0.3 is 0 Å². The van der Waals surface area contributed by atoms with Gasteiger partial charge in [0.1, 0.15) is 11.2 Å². The molecule has 260 valence electrons. The van der Waals surface area contributed by atoms with Crippen LogP contribution in [-0.2, 0) is 0 Å². The minimum absolute atomic E-state index is 0.574. The van der Waals surface area contributed by atoms with Crippen molar-refractivity contribution in [1.82, 2.24) is 19.5 Å². The third-order valence-corrected chi connectivity index (χ3v) is 11.2. The van der Waals surface area contributed by atoms with Gasteiger partial charge in [-0.2, -0.15) is 0 Å². The van der Waals surface area contributed by atoms with Crippen molar-refractivity contribution in [2.75, 3.05) is 0 Å². The maximum atomic E-state index is 6.73. The average Bonchev–Trinajstić information content (AvgIpc) is 3.78. The molecule has 5 heteroatoms. The van der Waals surface area contributed by atoms with Gasteiger partial charge in [0.2, 0.25) is 0 Å². The van der Waals surface area contributed by atoms with Gasteiger partial charge in [-0.05, 0) is 80.8 Å². The first kappa shape index (κ1) is 30.8. The molecule has 5 nitrogen and oxygen atoms in total. The molecule has 0 amide bonds. The first-order valence-corrected chi connectivity index (χ1v) is 18.8. The molecular weight excluding hydrogens is 685 g/mol. The second-order valence-corrected chi connectivity index (χ2v) is 14.4. The zero-order valence-corrected chi connectivity index (χ0v) is 30.0. The molecule has 12 rings (SSSR count). The predicted octanol–water partition coefficient (Wildman–Crippen LogP) is 13.3. The molecule has 3 aromatic heterocycles. The molecule has 0 bridgehead atoms. The highest BCUT2D eigenvalue weighted by atomic mass is 16.3. The third-order valence-electron chi connectivity index (χ3n) is 11.2. The van der Waals surface area contributed by atoms with Crippen LogP contribution < -0.4 is 0 Å². The Bertz CT molecular complexity index is 3540. The van der Waals surface area contributed by atoms with Crippen LogP contribution in [0.4, 0.5) is 0 Å². The summed E-state index contributed by atoms with van der Waals surface area (Å²) in [6.07, 6.45) is 0. The highest BCUT2D eigenvalue weighted by Gasteiger charge is 2.25. The Kier molecular flexibility index (Phi) is 6.56. The molecule has 0 saturated carbocycles. The minimum Gasteiger partial charge on any atom is -0.456 e. The molecule has 0 saturated heterocycles. The lowest BCUT2D eigenvalue weighted by atomic mass is 10.0. The summed E-state index contributed by atoms with van der Waals surface area (Å²) in [5.74, 6) is 1.78. The second-order valence-electron chi connectivity index (χ2n) is 14.4. The van der Waals surface area contributed by atoms with Crippen molar-refractivity contribution >= 4 is 76.1 Å². The molecule has 0 radical (unpaired) electrons. The number of hydrogen-bond donors (Lipinski definition) is 0. The average molecular weight is 715 g/mol. The SMILES string of the molecule is c1ccc(-c2nc(-c3ccc4ccccc4c3)nc(-c3c(-n4c5ccccc5c5cc6ccccc6cc54)ccc4oc5cc6ccccc6cc5c34)n2)cc1. The van der Waals surface area contributed by atoms with Gasteiger partial charge in [0.15, 0.2) is 17.5 Å². The number of fused-ring (bicyclic) bond motifs is 9. The maximum absolute atomic E-state index is 6.73. The van der Waals surface area contributed by atoms with Crippen LogP contribution in [0.3, 0.4) is 0 Å². The van der Waals surface area contributed by atoms with E-state index in [-0.39, 0.29) is 0 Å². The van der Waals surface area contributed by atoms with E-state index in [9.17, 15) is 0 Å². The summed E-state index contributed by atoms with van der Waals surface area (Å²) >= 11 is 0. The van der Waals surface area contributed by atoms with Gasteiger partial charge in [-0.1, -0.05) is 133 Å². The van der Waals surface area contributed by atoms with Crippen LogP contribution in [0.2, 0.25) is 0 Å². The largest absolute Gasteiger partial charge is 0.456 e. The summed E-state index contributed by atoms with van der Waals surface area (Å²) in [7, 11) is 0. The first-order valence-electron chi connectivity index (χ1n) is 18.8. The van der Waals surface area contributed by atoms with E-state index in [4.69, 9.17) is 19.4 Å². The van der Waals surface area contributed by atoms with Crippen molar-refractivity contribution in [3.05, 3.63) is 182 Å². The predicted molar refractivity (Wildman–Crippen MR) is 230 cm³/mol. The van der Waals surface area contributed by atoms with Crippen molar-refractivity contribution in [2.24, 2.45) is 0 Å². The Labute approximate surface area is 320 Å². The minimum atomic E-state index is 0.574. The number of furan rings is 1. The van der Waals surface area contributed by atoms with E-state index in [0.29, 0.717) is 17.5 Å². The van der Waals surface area contributed by atoms with Gasteiger partial charge < -0.3 is 8.98 Å². The molecule has 0 aliphatic rings. The number of aromatic nitrogens is 4. The lowest BCUT2D eigenvalue weighted by Crippen LogP contribution is -2.04. The van der Waals surface area contributed by atoms with Crippen LogP contribution in [-0.4, -0.2) is 19.5 Å². The van der Waals surface area contributed by atoms with Gasteiger partial charge in [-0.15, -0.1) is 0 Å². The fourth-order valence-corrected chi connectivity index (χ4v) is 8.53. The van der Waals surface area contributed by atoms with Crippen LogP contribution in [0.25, 0.3) is 116 Å². The molecule has 0 aliphatic carbocycles. The summed E-state index contributed by atoms with van der Waals surface area (Å²) in [5, 5.41) is 11.3. The molecular formula is C51H30N4O. The molecule has 3 heterocycles. The smallest absolute Gasteiger partial charge is 0.166 e. The standard InChI is InChI=1S/C51H30N4O/c1-2-13-32(14-3-1)49-52-50(38-23-22-31-12-4-5-15-33(31)26-38)54-51(53-49)48-43(24-25-45-47(48)41-28-35-17-7-9-19-37(35)30-46(41)56-45)55-42-21-11-10-20-39(42)40-27-34-16-6-8-18-36(34)29-44(40)55/h1-30H. The molecule has 0 fully saturated rings. The first-order chi connectivity index (χ1) is 27.7. The van der Waals surface area contributed by atoms with E-state index < -0.39 is 0 Å². The van der Waals surface area contributed by atoms with Crippen LogP contribution in [0, 0.1) is 0 Å². The van der Waals surface area contributed by atoms with Crippen LogP contribution >= 0.6 is 0 Å². The summed E-state index contributed by atoms with van der Waals surface area (Å²) in [6, 6.07) is 63.9. The van der Waals surface area contributed by atoms with E-state index in [1.165, 1.54) is 21.5 Å². The van der Waals surface area contributed by atoms with E-state index in [1.807, 2.05) is 18.2 Å². The van der Waals surface area contributed by atoms with Gasteiger partial charge in [0, 0.05) is 32.7 Å². The number of nitrogens with zero attached hydrogens (tertiary/aromatic N) is 4. The van der Waals surface area contributed by atoms with Crippen LogP contribution in [0.1, 0.15) is 0 Å². The van der Waals surface area contributed by atoms with Crippen molar-refractivity contribution in [2.45, 2.75) is 0 Å². The second kappa shape index (κ2) is 11.9. The maximum Gasteiger partial charge on any atom is 0.166 e. The molecule has 0 atom stereocenters. The van der Waals surface area contributed by atoms with E-state index in [1.54, 1.807) is 0 Å². The monoisotopic (exact) mass is 714 g/mol. The highest BCUT2D eigenvalue weighted by molar-refractivity contribution is 6.19. The Morgan fingerprint density at radius 1 is 0.357 bits per heavy atom. The molecule has 0 spiro atoms. The molecule has 9 aromatic carbocycles. The Morgan fingerprint density at radius 3 is 1.71 bits per heavy atom. The van der Waals surface area contributed by atoms with Crippen molar-refractivity contribution in [1.29, 1.82) is 0 Å². The van der Waals surface area contributed by atoms with E-state index in [0.717, 1.165) is 76.9 Å². The quantitative estimate of drug-likeness (QED) is 0.182. The fourth-order valence-electron chi connectivity index (χ4n) is 8.53. The lowest BCUT2D eigenvalue weighted by molar-refractivity contribution is 0.669. The summed E-state index contributed by atoms with van der Waals surface area (Å²) in [6.45, 7) is 0. The van der Waals surface area contributed by atoms with Gasteiger partial charge in [-0.25, -0.2) is 15.0 Å². The topological polar surface area (TPSA) is 56.7 Å². The summed E-state index contributed by atoms with van der Waals surface area (Å²) in [5.41, 5.74) is 7.48. The number of benzene rings is 9. The normalized spacial score (nSPS) is 11.9. The molecule has 12 aromatic rings. The molecule has 0 aliphatic heterocycles.